The summed E-state index contributed by atoms with van der Waals surface area (Å²) in [7, 11) is 0. The Morgan fingerprint density at radius 3 is 1.07 bits per heavy atom. The Hall–Kier alpha value is -6.90. The molecule has 8 aliphatic carbocycles. The predicted octanol–water partition coefficient (Wildman–Crippen LogP) is 19.1. The molecule has 0 heterocycles. The highest BCUT2D eigenvalue weighted by Gasteiger charge is 2.53. The molecule has 354 valence electrons. The second kappa shape index (κ2) is 16.8. The minimum Gasteiger partial charge on any atom is -0.355 e. The minimum absolute atomic E-state index is 0.248. The van der Waals surface area contributed by atoms with Gasteiger partial charge in [0.2, 0.25) is 0 Å². The van der Waals surface area contributed by atoms with Gasteiger partial charge in [-0.2, -0.15) is 0 Å². The van der Waals surface area contributed by atoms with Gasteiger partial charge >= 0.3 is 0 Å². The summed E-state index contributed by atoms with van der Waals surface area (Å²) in [5, 5.41) is 9.47. The van der Waals surface area contributed by atoms with E-state index in [0.717, 1.165) is 41.2 Å². The number of nitrogens with zero attached hydrogens (tertiary/aromatic N) is 1. The molecule has 0 unspecified atom stereocenters. The van der Waals surface area contributed by atoms with Gasteiger partial charge in [0, 0.05) is 38.6 Å². The van der Waals surface area contributed by atoms with Crippen LogP contribution in [0, 0.1) is 35.5 Å². The molecule has 0 aromatic heterocycles. The Bertz CT molecular complexity index is 3310. The molecule has 8 fully saturated rings. The van der Waals surface area contributed by atoms with Crippen LogP contribution in [0.25, 0.3) is 54.9 Å². The van der Waals surface area contributed by atoms with Crippen LogP contribution in [0.1, 0.15) is 88.2 Å². The van der Waals surface area contributed by atoms with E-state index in [-0.39, 0.29) is 10.8 Å². The fourth-order valence-corrected chi connectivity index (χ4v) is 17.0. The van der Waals surface area contributed by atoms with Crippen molar-refractivity contribution in [2.24, 2.45) is 35.5 Å². The van der Waals surface area contributed by atoms with Crippen LogP contribution in [0.3, 0.4) is 0 Å². The zero-order valence-electron chi connectivity index (χ0n) is 41.4. The van der Waals surface area contributed by atoms with E-state index in [1.165, 1.54) is 155 Å². The third-order valence-electron chi connectivity index (χ3n) is 19.3. The largest absolute Gasteiger partial charge is 0.355 e. The molecule has 2 heteroatoms. The molecular formula is C70H64N2. The molecule has 17 rings (SSSR count). The van der Waals surface area contributed by atoms with Gasteiger partial charge in [0.15, 0.2) is 0 Å². The first-order chi connectivity index (χ1) is 35.5. The number of nitrogens with one attached hydrogen (secondary N) is 1. The molecular weight excluding hydrogens is 869 g/mol. The molecule has 2 nitrogen and oxygen atoms in total. The first-order valence-corrected chi connectivity index (χ1v) is 27.6. The highest BCUT2D eigenvalue weighted by Crippen LogP contribution is 2.63. The summed E-state index contributed by atoms with van der Waals surface area (Å²) >= 11 is 0. The third kappa shape index (κ3) is 7.26. The quantitative estimate of drug-likeness (QED) is 0.109. The average molecular weight is 933 g/mol. The van der Waals surface area contributed by atoms with E-state index in [4.69, 9.17) is 0 Å². The lowest BCUT2D eigenvalue weighted by Gasteiger charge is -2.57. The molecule has 8 aliphatic rings. The average Bonchev–Trinajstić information content (AvgIpc) is 3.42. The molecule has 72 heavy (non-hydrogen) atoms. The predicted molar refractivity (Wildman–Crippen MR) is 302 cm³/mol. The monoisotopic (exact) mass is 933 g/mol. The zero-order chi connectivity index (χ0) is 47.4. The molecule has 8 bridgehead atoms. The summed E-state index contributed by atoms with van der Waals surface area (Å²) in [4.78, 5) is 2.63. The van der Waals surface area contributed by atoms with Gasteiger partial charge in [-0.3, -0.25) is 0 Å². The van der Waals surface area contributed by atoms with Crippen LogP contribution in [0.2, 0.25) is 0 Å². The lowest BCUT2D eigenvalue weighted by atomic mass is 9.48. The maximum Gasteiger partial charge on any atom is 0.0620 e. The van der Waals surface area contributed by atoms with Gasteiger partial charge in [0.25, 0.3) is 0 Å². The first-order valence-electron chi connectivity index (χ1n) is 27.6. The summed E-state index contributed by atoms with van der Waals surface area (Å²) in [6.45, 7) is 0. The van der Waals surface area contributed by atoms with Crippen molar-refractivity contribution < 1.29 is 0 Å². The van der Waals surface area contributed by atoms with Crippen molar-refractivity contribution in [1.29, 1.82) is 0 Å². The molecule has 8 saturated carbocycles. The first kappa shape index (κ1) is 42.8. The summed E-state index contributed by atoms with van der Waals surface area (Å²) < 4.78 is 0. The number of fused-ring (bicyclic) bond motifs is 2. The number of rotatable bonds is 10. The van der Waals surface area contributed by atoms with Gasteiger partial charge in [0.1, 0.15) is 0 Å². The smallest absolute Gasteiger partial charge is 0.0620 e. The lowest BCUT2D eigenvalue weighted by molar-refractivity contribution is -0.00525. The molecule has 0 atom stereocenters. The summed E-state index contributed by atoms with van der Waals surface area (Å²) in [6.07, 6.45) is 16.7. The maximum absolute atomic E-state index is 4.20. The normalized spacial score (nSPS) is 26.6. The van der Waals surface area contributed by atoms with Crippen molar-refractivity contribution in [3.63, 3.8) is 0 Å². The van der Waals surface area contributed by atoms with E-state index in [9.17, 15) is 0 Å². The summed E-state index contributed by atoms with van der Waals surface area (Å²) in [5.41, 5.74) is 17.1. The highest BCUT2D eigenvalue weighted by atomic mass is 15.1. The van der Waals surface area contributed by atoms with Gasteiger partial charge in [0.05, 0.1) is 11.4 Å². The van der Waals surface area contributed by atoms with E-state index >= 15 is 0 Å². The summed E-state index contributed by atoms with van der Waals surface area (Å²) in [6, 6.07) is 76.3. The molecule has 1 N–H and O–H groups in total. The minimum atomic E-state index is 0.248. The highest BCUT2D eigenvalue weighted by molar-refractivity contribution is 6.22. The van der Waals surface area contributed by atoms with Gasteiger partial charge in [-0.1, -0.05) is 152 Å². The molecule has 0 radical (unpaired) electrons. The van der Waals surface area contributed by atoms with Crippen molar-refractivity contribution in [1.82, 2.24) is 0 Å². The number of benzene rings is 9. The van der Waals surface area contributed by atoms with Gasteiger partial charge in [-0.25, -0.2) is 0 Å². The topological polar surface area (TPSA) is 15.3 Å². The van der Waals surface area contributed by atoms with Crippen molar-refractivity contribution in [3.05, 3.63) is 211 Å². The molecule has 0 saturated heterocycles. The van der Waals surface area contributed by atoms with Crippen LogP contribution >= 0.6 is 0 Å². The zero-order valence-corrected chi connectivity index (χ0v) is 41.4. The number of hydrogen-bond acceptors (Lipinski definition) is 2. The molecule has 9 aromatic rings. The van der Waals surface area contributed by atoms with Crippen LogP contribution in [-0.2, 0) is 10.8 Å². The van der Waals surface area contributed by atoms with Crippen molar-refractivity contribution in [2.75, 3.05) is 10.2 Å². The van der Waals surface area contributed by atoms with E-state index in [2.05, 4.69) is 210 Å². The SMILES string of the molecule is c1ccc(-c2ccc(Nc3c4cc(C56CC7CC(CC(C7)C5)C6)ccc4c(N(c4ccc(-c5ccccc5)cc4)c4ccc(-c5ccccc5)cc4)c4cc(C56CC7CC(CC(C7)C5)C6)ccc34)cc2)cc1. The van der Waals surface area contributed by atoms with Gasteiger partial charge in [-0.15, -0.1) is 0 Å². The Labute approximate surface area is 426 Å². The van der Waals surface area contributed by atoms with Gasteiger partial charge < -0.3 is 10.2 Å². The number of anilines is 5. The van der Waals surface area contributed by atoms with Crippen molar-refractivity contribution >= 4 is 50.0 Å². The van der Waals surface area contributed by atoms with Crippen LogP contribution < -0.4 is 10.2 Å². The van der Waals surface area contributed by atoms with E-state index in [1.54, 1.807) is 11.1 Å². The standard InChI is InChI=1S/C70H64N2/c1-4-10-52(11-5-1)55-16-24-60(25-17-55)71-67-63-30-22-59(70-43-49-35-50(44-70)37-51(36-49)45-70)39-66(63)68(64-31-23-58(38-65(64)67)69-40-46-32-47(41-69)34-48(33-46)42-69)72(61-26-18-56(19-27-61)53-12-6-2-7-13-53)62-28-20-57(21-29-62)54-14-8-3-9-15-54/h1-31,38-39,46-51,71H,32-37,40-45H2. The Kier molecular flexibility index (Phi) is 10.0. The van der Waals surface area contributed by atoms with Gasteiger partial charge in [-0.05, 0) is 216 Å². The molecule has 0 aliphatic heterocycles. The second-order valence-electron chi connectivity index (χ2n) is 23.9. The Morgan fingerprint density at radius 2 is 0.667 bits per heavy atom. The van der Waals surface area contributed by atoms with Crippen LogP contribution in [0.5, 0.6) is 0 Å². The Morgan fingerprint density at radius 1 is 0.319 bits per heavy atom. The third-order valence-corrected chi connectivity index (χ3v) is 19.3. The molecule has 0 amide bonds. The van der Waals surface area contributed by atoms with E-state index in [1.807, 2.05) is 0 Å². The second-order valence-corrected chi connectivity index (χ2v) is 23.9. The van der Waals surface area contributed by atoms with Crippen LogP contribution in [0.15, 0.2) is 200 Å². The number of hydrogen-bond donors (Lipinski definition) is 1. The Balaban J connectivity index is 0.983. The maximum atomic E-state index is 4.20. The van der Waals surface area contributed by atoms with Crippen LogP contribution in [-0.4, -0.2) is 0 Å². The van der Waals surface area contributed by atoms with Crippen LogP contribution in [0.4, 0.5) is 28.4 Å². The van der Waals surface area contributed by atoms with Crippen molar-refractivity contribution in [3.8, 4) is 33.4 Å². The van der Waals surface area contributed by atoms with E-state index < -0.39 is 0 Å². The summed E-state index contributed by atoms with van der Waals surface area (Å²) in [5.74, 6) is 5.21. The molecule has 9 aromatic carbocycles. The van der Waals surface area contributed by atoms with E-state index in [0.29, 0.717) is 0 Å². The lowest BCUT2D eigenvalue weighted by Crippen LogP contribution is -2.48. The fourth-order valence-electron chi connectivity index (χ4n) is 17.0. The molecule has 0 spiro atoms. The fraction of sp³-hybridized carbons (Fsp3) is 0.286. The van der Waals surface area contributed by atoms with Crippen molar-refractivity contribution in [2.45, 2.75) is 87.9 Å².